The molecule has 0 fully saturated rings. The Labute approximate surface area is 72.6 Å². The number of rotatable bonds is 1. The lowest BCUT2D eigenvalue weighted by molar-refractivity contribution is 0.448. The zero-order valence-electron chi connectivity index (χ0n) is 5.21. The molecule has 1 rings (SSSR count). The summed E-state index contributed by atoms with van der Waals surface area (Å²) in [6.45, 7) is 0. The smallest absolute Gasteiger partial charge is 0.123 e. The predicted octanol–water partition coefficient (Wildman–Crippen LogP) is 2.03. The largest absolute Gasteiger partial charge is 0.508 e. The van der Waals surface area contributed by atoms with Gasteiger partial charge in [-0.1, -0.05) is 28.7 Å². The molecule has 0 atom stereocenters. The Balaban J connectivity index is 3.07. The van der Waals surface area contributed by atoms with E-state index in [9.17, 15) is 0 Å². The molecule has 0 saturated carbocycles. The van der Waals surface area contributed by atoms with Gasteiger partial charge in [0.05, 0.1) is 0 Å². The van der Waals surface area contributed by atoms with Crippen molar-refractivity contribution in [3.63, 3.8) is 0 Å². The summed E-state index contributed by atoms with van der Waals surface area (Å²) in [6.07, 6.45) is 0. The Morgan fingerprint density at radius 1 is 1.30 bits per heavy atom. The normalized spacial score (nSPS) is 9.70. The van der Waals surface area contributed by atoms with Crippen LogP contribution in [0.5, 0.6) is 11.5 Å². The molecule has 0 aliphatic carbocycles. The van der Waals surface area contributed by atoms with Crippen molar-refractivity contribution in [2.45, 2.75) is 4.43 Å². The average Bonchev–Trinajstić information content (AvgIpc) is 1.88. The molecular weight excluding hydrogens is 243 g/mol. The van der Waals surface area contributed by atoms with Crippen molar-refractivity contribution in [2.75, 3.05) is 0 Å². The fourth-order valence-electron chi connectivity index (χ4n) is 0.665. The lowest BCUT2D eigenvalue weighted by Crippen LogP contribution is -1.76. The molecule has 1 aromatic carbocycles. The molecule has 0 heterocycles. The zero-order valence-corrected chi connectivity index (χ0v) is 7.37. The molecule has 1 aromatic rings. The number of phenolic OH excluding ortho intramolecular Hbond substituents is 2. The Morgan fingerprint density at radius 2 is 2.00 bits per heavy atom. The molecule has 54 valence electrons. The molecule has 0 aliphatic rings. The van der Waals surface area contributed by atoms with Crippen LogP contribution >= 0.6 is 22.6 Å². The van der Waals surface area contributed by atoms with Crippen molar-refractivity contribution in [1.29, 1.82) is 0 Å². The summed E-state index contributed by atoms with van der Waals surface area (Å²) in [5, 5.41) is 18.0. The van der Waals surface area contributed by atoms with E-state index >= 15 is 0 Å². The SMILES string of the molecule is Oc1ccc(CI)c(O)c1. The second kappa shape index (κ2) is 3.09. The molecule has 3 heteroatoms. The van der Waals surface area contributed by atoms with Crippen LogP contribution in [0.1, 0.15) is 5.56 Å². The van der Waals surface area contributed by atoms with Crippen molar-refractivity contribution in [3.8, 4) is 11.5 Å². The van der Waals surface area contributed by atoms with Crippen molar-refractivity contribution >= 4 is 22.6 Å². The summed E-state index contributed by atoms with van der Waals surface area (Å²) in [4.78, 5) is 0. The highest BCUT2D eigenvalue weighted by Crippen LogP contribution is 2.24. The minimum Gasteiger partial charge on any atom is -0.508 e. The third-order valence-corrected chi connectivity index (χ3v) is 2.03. The lowest BCUT2D eigenvalue weighted by atomic mass is 10.2. The molecule has 10 heavy (non-hydrogen) atoms. The van der Waals surface area contributed by atoms with Crippen LogP contribution in [0, 0.1) is 0 Å². The minimum atomic E-state index is 0.103. The number of halogens is 1. The number of benzene rings is 1. The third kappa shape index (κ3) is 1.53. The maximum Gasteiger partial charge on any atom is 0.123 e. The van der Waals surface area contributed by atoms with E-state index in [1.807, 2.05) is 0 Å². The van der Waals surface area contributed by atoms with Crippen LogP contribution in [-0.4, -0.2) is 10.2 Å². The van der Waals surface area contributed by atoms with Crippen molar-refractivity contribution < 1.29 is 10.2 Å². The van der Waals surface area contributed by atoms with E-state index in [1.54, 1.807) is 12.1 Å². The number of phenols is 2. The van der Waals surface area contributed by atoms with E-state index in [0.717, 1.165) is 9.99 Å². The topological polar surface area (TPSA) is 40.5 Å². The van der Waals surface area contributed by atoms with Crippen molar-refractivity contribution in [3.05, 3.63) is 23.8 Å². The Hall–Kier alpha value is -0.450. The number of aromatic hydroxyl groups is 2. The van der Waals surface area contributed by atoms with Gasteiger partial charge in [0.2, 0.25) is 0 Å². The highest BCUT2D eigenvalue weighted by molar-refractivity contribution is 14.1. The predicted molar refractivity (Wildman–Crippen MR) is 47.5 cm³/mol. The second-order valence-electron chi connectivity index (χ2n) is 1.95. The van der Waals surface area contributed by atoms with Gasteiger partial charge in [0, 0.05) is 16.1 Å². The number of hydrogen-bond donors (Lipinski definition) is 2. The number of hydrogen-bond acceptors (Lipinski definition) is 2. The van der Waals surface area contributed by atoms with Gasteiger partial charge in [-0.15, -0.1) is 0 Å². The average molecular weight is 250 g/mol. The summed E-state index contributed by atoms with van der Waals surface area (Å²) >= 11 is 2.15. The van der Waals surface area contributed by atoms with E-state index < -0.39 is 0 Å². The Kier molecular flexibility index (Phi) is 2.37. The number of alkyl halides is 1. The maximum absolute atomic E-state index is 9.13. The molecule has 0 unspecified atom stereocenters. The summed E-state index contributed by atoms with van der Waals surface area (Å²) < 4.78 is 0.754. The highest BCUT2D eigenvalue weighted by atomic mass is 127. The third-order valence-electron chi connectivity index (χ3n) is 1.21. The van der Waals surface area contributed by atoms with Crippen LogP contribution in [-0.2, 0) is 4.43 Å². The highest BCUT2D eigenvalue weighted by Gasteiger charge is 1.98. The summed E-state index contributed by atoms with van der Waals surface area (Å²) in [6, 6.07) is 4.61. The van der Waals surface area contributed by atoms with E-state index in [1.165, 1.54) is 6.07 Å². The fourth-order valence-corrected chi connectivity index (χ4v) is 1.31. The molecule has 0 saturated heterocycles. The van der Waals surface area contributed by atoms with E-state index in [0.29, 0.717) is 0 Å². The van der Waals surface area contributed by atoms with Crippen LogP contribution < -0.4 is 0 Å². The fraction of sp³-hybridized carbons (Fsp3) is 0.143. The standard InChI is InChI=1S/C7H7IO2/c8-4-5-1-2-6(9)3-7(5)10/h1-3,9-10H,4H2. The molecule has 0 radical (unpaired) electrons. The van der Waals surface area contributed by atoms with Gasteiger partial charge in [-0.25, -0.2) is 0 Å². The van der Waals surface area contributed by atoms with Gasteiger partial charge in [0.1, 0.15) is 11.5 Å². The van der Waals surface area contributed by atoms with Gasteiger partial charge < -0.3 is 10.2 Å². The first-order chi connectivity index (χ1) is 4.74. The Bertz CT molecular complexity index is 235. The van der Waals surface area contributed by atoms with Gasteiger partial charge in [0.25, 0.3) is 0 Å². The van der Waals surface area contributed by atoms with E-state index in [-0.39, 0.29) is 11.5 Å². The summed E-state index contributed by atoms with van der Waals surface area (Å²) in [7, 11) is 0. The van der Waals surface area contributed by atoms with Gasteiger partial charge in [-0.3, -0.25) is 0 Å². The van der Waals surface area contributed by atoms with E-state index in [2.05, 4.69) is 22.6 Å². The van der Waals surface area contributed by atoms with Gasteiger partial charge >= 0.3 is 0 Å². The first kappa shape index (κ1) is 7.65. The van der Waals surface area contributed by atoms with Crippen LogP contribution in [0.25, 0.3) is 0 Å². The molecule has 2 N–H and O–H groups in total. The molecule has 0 bridgehead atoms. The molecular formula is C7H7IO2. The maximum atomic E-state index is 9.13. The van der Waals surface area contributed by atoms with Crippen LogP contribution in [0.15, 0.2) is 18.2 Å². The first-order valence-electron chi connectivity index (χ1n) is 2.81. The molecule has 0 aliphatic heterocycles. The van der Waals surface area contributed by atoms with Crippen molar-refractivity contribution in [1.82, 2.24) is 0 Å². The molecule has 0 spiro atoms. The zero-order chi connectivity index (χ0) is 7.56. The quantitative estimate of drug-likeness (QED) is 0.591. The minimum absolute atomic E-state index is 0.103. The van der Waals surface area contributed by atoms with Gasteiger partial charge in [0.15, 0.2) is 0 Å². The van der Waals surface area contributed by atoms with E-state index in [4.69, 9.17) is 10.2 Å². The van der Waals surface area contributed by atoms with Crippen LogP contribution in [0.4, 0.5) is 0 Å². The van der Waals surface area contributed by atoms with Crippen LogP contribution in [0.3, 0.4) is 0 Å². The molecule has 0 amide bonds. The summed E-state index contributed by atoms with van der Waals surface area (Å²) in [5.41, 5.74) is 0.846. The summed E-state index contributed by atoms with van der Waals surface area (Å²) in [5.74, 6) is 0.264. The van der Waals surface area contributed by atoms with Crippen LogP contribution in [0.2, 0.25) is 0 Å². The lowest BCUT2D eigenvalue weighted by Gasteiger charge is -1.99. The molecule has 2 nitrogen and oxygen atoms in total. The van der Waals surface area contributed by atoms with Crippen molar-refractivity contribution in [2.24, 2.45) is 0 Å². The Morgan fingerprint density at radius 3 is 2.50 bits per heavy atom. The second-order valence-corrected chi connectivity index (χ2v) is 2.71. The van der Waals surface area contributed by atoms with Gasteiger partial charge in [-0.05, 0) is 6.07 Å². The van der Waals surface area contributed by atoms with Gasteiger partial charge in [-0.2, -0.15) is 0 Å². The monoisotopic (exact) mass is 250 g/mol. The molecule has 0 aromatic heterocycles. The first-order valence-corrected chi connectivity index (χ1v) is 4.33.